The zero-order valence-electron chi connectivity index (χ0n) is 13.8. The third-order valence-corrected chi connectivity index (χ3v) is 5.04. The SMILES string of the molecule is CCC[C@]1(C(=O)O)CCN(Cc2ccc(C)c(C)c2)C[C@@H]1O. The monoisotopic (exact) mass is 305 g/mol. The van der Waals surface area contributed by atoms with E-state index in [0.717, 1.165) is 19.5 Å². The van der Waals surface area contributed by atoms with Crippen LogP contribution in [0.15, 0.2) is 18.2 Å². The van der Waals surface area contributed by atoms with Crippen molar-refractivity contribution in [1.29, 1.82) is 0 Å². The average Bonchev–Trinajstić information content (AvgIpc) is 2.46. The summed E-state index contributed by atoms with van der Waals surface area (Å²) in [4.78, 5) is 13.8. The van der Waals surface area contributed by atoms with Gasteiger partial charge in [0.25, 0.3) is 0 Å². The molecule has 1 heterocycles. The number of nitrogens with zero attached hydrogens (tertiary/aromatic N) is 1. The molecule has 1 aliphatic heterocycles. The van der Waals surface area contributed by atoms with Crippen molar-refractivity contribution in [3.8, 4) is 0 Å². The number of piperidine rings is 1. The molecule has 122 valence electrons. The largest absolute Gasteiger partial charge is 0.481 e. The van der Waals surface area contributed by atoms with E-state index in [1.807, 2.05) is 6.92 Å². The Morgan fingerprint density at radius 2 is 2.09 bits per heavy atom. The van der Waals surface area contributed by atoms with Gasteiger partial charge in [-0.05, 0) is 49.9 Å². The van der Waals surface area contributed by atoms with E-state index in [1.165, 1.54) is 16.7 Å². The summed E-state index contributed by atoms with van der Waals surface area (Å²) >= 11 is 0. The number of hydrogen-bond acceptors (Lipinski definition) is 3. The maximum absolute atomic E-state index is 11.6. The van der Waals surface area contributed by atoms with Crippen LogP contribution in [0, 0.1) is 19.3 Å². The summed E-state index contributed by atoms with van der Waals surface area (Å²) in [5.41, 5.74) is 2.79. The van der Waals surface area contributed by atoms with Crippen LogP contribution in [-0.4, -0.2) is 40.3 Å². The van der Waals surface area contributed by atoms with Crippen molar-refractivity contribution in [1.82, 2.24) is 4.90 Å². The molecule has 4 nitrogen and oxygen atoms in total. The van der Waals surface area contributed by atoms with Crippen molar-refractivity contribution in [2.24, 2.45) is 5.41 Å². The molecule has 0 aliphatic carbocycles. The maximum Gasteiger partial charge on any atom is 0.312 e. The van der Waals surface area contributed by atoms with Crippen LogP contribution in [0.4, 0.5) is 0 Å². The Hall–Kier alpha value is -1.39. The Labute approximate surface area is 132 Å². The molecule has 0 aromatic heterocycles. The van der Waals surface area contributed by atoms with Crippen molar-refractivity contribution >= 4 is 5.97 Å². The van der Waals surface area contributed by atoms with E-state index in [4.69, 9.17) is 0 Å². The number of aliphatic carboxylic acids is 1. The minimum atomic E-state index is -0.964. The highest BCUT2D eigenvalue weighted by Crippen LogP contribution is 2.37. The molecule has 1 saturated heterocycles. The molecular weight excluding hydrogens is 278 g/mol. The lowest BCUT2D eigenvalue weighted by molar-refractivity contribution is -0.164. The summed E-state index contributed by atoms with van der Waals surface area (Å²) < 4.78 is 0. The van der Waals surface area contributed by atoms with Gasteiger partial charge in [-0.2, -0.15) is 0 Å². The highest BCUT2D eigenvalue weighted by Gasteiger charge is 2.47. The topological polar surface area (TPSA) is 60.8 Å². The van der Waals surface area contributed by atoms with Gasteiger partial charge in [0.2, 0.25) is 0 Å². The molecular formula is C18H27NO3. The van der Waals surface area contributed by atoms with Gasteiger partial charge in [-0.1, -0.05) is 31.5 Å². The van der Waals surface area contributed by atoms with Gasteiger partial charge in [-0.3, -0.25) is 9.69 Å². The number of aliphatic hydroxyl groups excluding tert-OH is 1. The zero-order chi connectivity index (χ0) is 16.3. The molecule has 2 N–H and O–H groups in total. The first-order valence-corrected chi connectivity index (χ1v) is 8.09. The number of β-amino-alcohol motifs (C(OH)–C–C–N with tert-alkyl or cyclic N) is 1. The zero-order valence-corrected chi connectivity index (χ0v) is 13.8. The third kappa shape index (κ3) is 3.33. The van der Waals surface area contributed by atoms with Crippen LogP contribution in [0.5, 0.6) is 0 Å². The fourth-order valence-electron chi connectivity index (χ4n) is 3.43. The van der Waals surface area contributed by atoms with Crippen LogP contribution < -0.4 is 0 Å². The van der Waals surface area contributed by atoms with Gasteiger partial charge in [-0.25, -0.2) is 0 Å². The molecule has 0 amide bonds. The number of rotatable bonds is 5. The second-order valence-electron chi connectivity index (χ2n) is 6.63. The fourth-order valence-corrected chi connectivity index (χ4v) is 3.43. The normalized spacial score (nSPS) is 26.1. The van der Waals surface area contributed by atoms with E-state index < -0.39 is 17.5 Å². The standard InChI is InChI=1S/C18H27NO3/c1-4-7-18(17(21)22)8-9-19(12-16(18)20)11-15-6-5-13(2)14(3)10-15/h5-6,10,16,20H,4,7-9,11-12H2,1-3H3,(H,21,22)/t16-,18-/m0/s1. The first kappa shape index (κ1) is 17.0. The Kier molecular flexibility index (Phi) is 5.24. The van der Waals surface area contributed by atoms with Crippen LogP contribution in [0.1, 0.15) is 42.9 Å². The number of likely N-dealkylation sites (tertiary alicyclic amines) is 1. The number of aliphatic hydroxyl groups is 1. The van der Waals surface area contributed by atoms with E-state index in [1.54, 1.807) is 0 Å². The van der Waals surface area contributed by atoms with Gasteiger partial charge in [0.1, 0.15) is 0 Å². The number of benzene rings is 1. The van der Waals surface area contributed by atoms with Crippen LogP contribution >= 0.6 is 0 Å². The van der Waals surface area contributed by atoms with E-state index in [-0.39, 0.29) is 0 Å². The highest BCUT2D eigenvalue weighted by atomic mass is 16.4. The number of carboxylic acids is 1. The summed E-state index contributed by atoms with van der Waals surface area (Å²) in [5.74, 6) is -0.854. The average molecular weight is 305 g/mol. The third-order valence-electron chi connectivity index (χ3n) is 5.04. The molecule has 2 rings (SSSR count). The van der Waals surface area contributed by atoms with Crippen molar-refractivity contribution in [3.05, 3.63) is 34.9 Å². The van der Waals surface area contributed by atoms with E-state index in [0.29, 0.717) is 19.4 Å². The second kappa shape index (κ2) is 6.80. The van der Waals surface area contributed by atoms with Crippen molar-refractivity contribution < 1.29 is 15.0 Å². The lowest BCUT2D eigenvalue weighted by Crippen LogP contribution is -2.54. The molecule has 2 atom stereocenters. The van der Waals surface area contributed by atoms with Crippen molar-refractivity contribution in [2.45, 2.75) is 52.7 Å². The van der Waals surface area contributed by atoms with E-state index in [9.17, 15) is 15.0 Å². The molecule has 0 radical (unpaired) electrons. The molecule has 0 unspecified atom stereocenters. The van der Waals surface area contributed by atoms with Crippen LogP contribution in [-0.2, 0) is 11.3 Å². The summed E-state index contributed by atoms with van der Waals surface area (Å²) in [6, 6.07) is 6.40. The predicted molar refractivity (Wildman–Crippen MR) is 86.8 cm³/mol. The lowest BCUT2D eigenvalue weighted by Gasteiger charge is -2.42. The van der Waals surface area contributed by atoms with Crippen molar-refractivity contribution in [2.75, 3.05) is 13.1 Å². The molecule has 0 spiro atoms. The predicted octanol–water partition coefficient (Wildman–Crippen LogP) is 2.74. The van der Waals surface area contributed by atoms with Gasteiger partial charge in [0.15, 0.2) is 0 Å². The molecule has 4 heteroatoms. The minimum absolute atomic E-state index is 0.430. The van der Waals surface area contributed by atoms with Gasteiger partial charge in [-0.15, -0.1) is 0 Å². The number of carboxylic acid groups (broad SMARTS) is 1. The smallest absolute Gasteiger partial charge is 0.312 e. The molecule has 1 aromatic rings. The van der Waals surface area contributed by atoms with E-state index in [2.05, 4.69) is 36.9 Å². The first-order valence-electron chi connectivity index (χ1n) is 8.09. The summed E-state index contributed by atoms with van der Waals surface area (Å²) in [7, 11) is 0. The quantitative estimate of drug-likeness (QED) is 0.878. The first-order chi connectivity index (χ1) is 10.4. The molecule has 22 heavy (non-hydrogen) atoms. The van der Waals surface area contributed by atoms with Gasteiger partial charge in [0.05, 0.1) is 11.5 Å². The molecule has 1 fully saturated rings. The maximum atomic E-state index is 11.6. The van der Waals surface area contributed by atoms with Crippen LogP contribution in [0.2, 0.25) is 0 Å². The van der Waals surface area contributed by atoms with E-state index >= 15 is 0 Å². The fraction of sp³-hybridized carbons (Fsp3) is 0.611. The Bertz CT molecular complexity index is 543. The Morgan fingerprint density at radius 3 is 2.64 bits per heavy atom. The molecule has 0 saturated carbocycles. The number of hydrogen-bond donors (Lipinski definition) is 2. The second-order valence-corrected chi connectivity index (χ2v) is 6.63. The van der Waals surface area contributed by atoms with Crippen LogP contribution in [0.3, 0.4) is 0 Å². The number of carbonyl (C=O) groups is 1. The Balaban J connectivity index is 2.06. The molecule has 1 aliphatic rings. The molecule has 0 bridgehead atoms. The lowest BCUT2D eigenvalue weighted by atomic mass is 9.72. The number of aryl methyl sites for hydroxylation is 2. The summed E-state index contributed by atoms with van der Waals surface area (Å²) in [6.45, 7) is 8.07. The Morgan fingerprint density at radius 1 is 1.36 bits per heavy atom. The summed E-state index contributed by atoms with van der Waals surface area (Å²) in [6.07, 6.45) is 1.04. The van der Waals surface area contributed by atoms with Gasteiger partial charge >= 0.3 is 5.97 Å². The van der Waals surface area contributed by atoms with Crippen LogP contribution in [0.25, 0.3) is 0 Å². The summed E-state index contributed by atoms with van der Waals surface area (Å²) in [5, 5.41) is 20.0. The highest BCUT2D eigenvalue weighted by molar-refractivity contribution is 5.75. The van der Waals surface area contributed by atoms with Gasteiger partial charge < -0.3 is 10.2 Å². The van der Waals surface area contributed by atoms with Gasteiger partial charge in [0, 0.05) is 13.1 Å². The molecule has 1 aromatic carbocycles. The minimum Gasteiger partial charge on any atom is -0.481 e. The van der Waals surface area contributed by atoms with Crippen molar-refractivity contribution in [3.63, 3.8) is 0 Å².